The van der Waals surface area contributed by atoms with E-state index in [2.05, 4.69) is 0 Å². The maximum Gasteiger partial charge on any atom is 0.246 e. The zero-order valence-electron chi connectivity index (χ0n) is 20.1. The van der Waals surface area contributed by atoms with Gasteiger partial charge in [-0.15, -0.1) is 0 Å². The van der Waals surface area contributed by atoms with Gasteiger partial charge in [0, 0.05) is 55.2 Å². The van der Waals surface area contributed by atoms with Crippen molar-refractivity contribution in [3.8, 4) is 0 Å². The zero-order chi connectivity index (χ0) is 25.9. The van der Waals surface area contributed by atoms with Crippen LogP contribution < -0.4 is 10.5 Å². The van der Waals surface area contributed by atoms with Crippen molar-refractivity contribution in [1.29, 1.82) is 0 Å². The summed E-state index contributed by atoms with van der Waals surface area (Å²) in [7, 11) is 0. The molecule has 2 atom stereocenters. The van der Waals surface area contributed by atoms with Crippen molar-refractivity contribution in [2.45, 2.75) is 64.1 Å². The van der Waals surface area contributed by atoms with Crippen LogP contribution in [0.5, 0.6) is 0 Å². The van der Waals surface area contributed by atoms with Crippen molar-refractivity contribution in [3.05, 3.63) is 70.4 Å². The largest absolute Gasteiger partial charge is 0.619 e. The normalized spacial score (nSPS) is 17.9. The molecule has 7 nitrogen and oxygen atoms in total. The summed E-state index contributed by atoms with van der Waals surface area (Å²) >= 11 is 0. The van der Waals surface area contributed by atoms with Crippen molar-refractivity contribution in [1.82, 2.24) is 9.80 Å². The van der Waals surface area contributed by atoms with Gasteiger partial charge in [-0.2, -0.15) is 4.73 Å². The molecular formula is C25H31F3N4O3. The molecule has 0 radical (unpaired) electrons. The van der Waals surface area contributed by atoms with E-state index in [1.807, 2.05) is 20.8 Å². The van der Waals surface area contributed by atoms with Gasteiger partial charge in [0.2, 0.25) is 11.8 Å². The first-order chi connectivity index (χ1) is 16.4. The summed E-state index contributed by atoms with van der Waals surface area (Å²) in [5.74, 6) is -4.07. The third kappa shape index (κ3) is 6.50. The summed E-state index contributed by atoms with van der Waals surface area (Å²) in [4.78, 5) is 30.1. The summed E-state index contributed by atoms with van der Waals surface area (Å²) in [6, 6.07) is 2.75. The maximum absolute atomic E-state index is 14.0. The fourth-order valence-corrected chi connectivity index (χ4v) is 4.40. The molecule has 3 rings (SSSR count). The molecule has 0 spiro atoms. The molecule has 0 bridgehead atoms. The molecule has 0 aliphatic carbocycles. The van der Waals surface area contributed by atoms with Crippen LogP contribution in [-0.4, -0.2) is 52.3 Å². The molecule has 1 aromatic heterocycles. The predicted molar refractivity (Wildman–Crippen MR) is 123 cm³/mol. The van der Waals surface area contributed by atoms with E-state index in [9.17, 15) is 28.0 Å². The molecule has 10 heteroatoms. The van der Waals surface area contributed by atoms with E-state index in [-0.39, 0.29) is 30.7 Å². The highest BCUT2D eigenvalue weighted by Gasteiger charge is 2.39. The van der Waals surface area contributed by atoms with Crippen LogP contribution in [-0.2, 0) is 22.4 Å². The highest BCUT2D eigenvalue weighted by Crippen LogP contribution is 2.24. The predicted octanol–water partition coefficient (Wildman–Crippen LogP) is 2.47. The second-order valence-electron chi connectivity index (χ2n) is 9.92. The van der Waals surface area contributed by atoms with E-state index >= 15 is 0 Å². The minimum atomic E-state index is -1.30. The van der Waals surface area contributed by atoms with E-state index in [0.717, 1.165) is 6.07 Å². The van der Waals surface area contributed by atoms with Gasteiger partial charge in [0.1, 0.15) is 11.9 Å². The highest BCUT2D eigenvalue weighted by atomic mass is 19.2. The third-order valence-electron chi connectivity index (χ3n) is 6.11. The molecular weight excluding hydrogens is 461 g/mol. The lowest BCUT2D eigenvalue weighted by atomic mass is 9.99. The summed E-state index contributed by atoms with van der Waals surface area (Å²) in [6.45, 7) is 6.52. The number of hydrogen-bond acceptors (Lipinski definition) is 4. The first-order valence-corrected chi connectivity index (χ1v) is 11.5. The fraction of sp³-hybridized carbons (Fsp3) is 0.480. The van der Waals surface area contributed by atoms with E-state index < -0.39 is 41.0 Å². The molecule has 0 unspecified atom stereocenters. The molecule has 35 heavy (non-hydrogen) atoms. The van der Waals surface area contributed by atoms with Crippen molar-refractivity contribution < 1.29 is 27.5 Å². The van der Waals surface area contributed by atoms with Crippen LogP contribution >= 0.6 is 0 Å². The van der Waals surface area contributed by atoms with Crippen LogP contribution in [0.3, 0.4) is 0 Å². The standard InChI is InChI=1S/C25H31F3N4O3/c1-25(2,3)32-9-5-8-31(22(24(32)34)10-16-6-4-7-30(35)15-16)23(33)13-18(29)11-17-12-20(27)21(28)14-19(17)26/h4,6-7,12,14-15,18,22H,5,8-11,13,29H2,1-3H3/t18-,22-/m1/s1. The van der Waals surface area contributed by atoms with Crippen LogP contribution in [0.15, 0.2) is 36.7 Å². The second kappa shape index (κ2) is 10.6. The SMILES string of the molecule is CC(C)(C)N1CCCN(C(=O)C[C@H](N)Cc2cc(F)c(F)cc2F)[C@H](Cc2ccc[n+]([O-])c2)C1=O. The summed E-state index contributed by atoms with van der Waals surface area (Å²) < 4.78 is 41.5. The molecule has 1 fully saturated rings. The lowest BCUT2D eigenvalue weighted by molar-refractivity contribution is -0.605. The van der Waals surface area contributed by atoms with Crippen molar-refractivity contribution in [2.24, 2.45) is 5.73 Å². The average Bonchev–Trinajstić information content (AvgIpc) is 2.91. The summed E-state index contributed by atoms with van der Waals surface area (Å²) in [5.41, 5.74) is 6.09. The Morgan fingerprint density at radius 1 is 1.20 bits per heavy atom. The Labute approximate surface area is 202 Å². The van der Waals surface area contributed by atoms with Crippen LogP contribution in [0.4, 0.5) is 13.2 Å². The quantitative estimate of drug-likeness (QED) is 0.381. The molecule has 1 aromatic carbocycles. The topological polar surface area (TPSA) is 93.6 Å². The number of amides is 2. The van der Waals surface area contributed by atoms with Crippen molar-refractivity contribution in [3.63, 3.8) is 0 Å². The van der Waals surface area contributed by atoms with Gasteiger partial charge < -0.3 is 20.7 Å². The van der Waals surface area contributed by atoms with E-state index in [1.165, 1.54) is 17.3 Å². The number of carbonyl (C=O) groups is 2. The number of rotatable bonds is 6. The Bertz CT molecular complexity index is 1090. The number of carbonyl (C=O) groups excluding carboxylic acids is 2. The van der Waals surface area contributed by atoms with E-state index in [0.29, 0.717) is 35.9 Å². The van der Waals surface area contributed by atoms with Gasteiger partial charge in [0.05, 0.1) is 0 Å². The second-order valence-corrected chi connectivity index (χ2v) is 9.92. The number of nitrogens with two attached hydrogens (primary N) is 1. The number of benzene rings is 1. The Balaban J connectivity index is 1.82. The summed E-state index contributed by atoms with van der Waals surface area (Å²) in [5, 5.41) is 11.8. The smallest absolute Gasteiger partial charge is 0.246 e. The van der Waals surface area contributed by atoms with Gasteiger partial charge in [0.15, 0.2) is 24.0 Å². The van der Waals surface area contributed by atoms with Crippen molar-refractivity contribution in [2.75, 3.05) is 13.1 Å². The maximum atomic E-state index is 14.0. The van der Waals surface area contributed by atoms with Gasteiger partial charge in [-0.3, -0.25) is 9.59 Å². The Morgan fingerprint density at radius 2 is 1.89 bits per heavy atom. The van der Waals surface area contributed by atoms with Gasteiger partial charge in [-0.1, -0.05) is 0 Å². The third-order valence-corrected chi connectivity index (χ3v) is 6.11. The molecule has 0 saturated carbocycles. The van der Waals surface area contributed by atoms with Gasteiger partial charge in [-0.25, -0.2) is 13.2 Å². The monoisotopic (exact) mass is 492 g/mol. The molecule has 190 valence electrons. The molecule has 1 aliphatic heterocycles. The van der Waals surface area contributed by atoms with Crippen LogP contribution in [0.1, 0.15) is 44.7 Å². The molecule has 1 aliphatic rings. The number of hydrogen-bond donors (Lipinski definition) is 1. The van der Waals surface area contributed by atoms with Gasteiger partial charge >= 0.3 is 0 Å². The first-order valence-electron chi connectivity index (χ1n) is 11.5. The van der Waals surface area contributed by atoms with E-state index in [4.69, 9.17) is 5.73 Å². The molecule has 2 amide bonds. The van der Waals surface area contributed by atoms with Gasteiger partial charge in [0.25, 0.3) is 0 Å². The van der Waals surface area contributed by atoms with Crippen LogP contribution in [0.2, 0.25) is 0 Å². The van der Waals surface area contributed by atoms with Crippen LogP contribution in [0, 0.1) is 22.7 Å². The number of nitrogens with zero attached hydrogens (tertiary/aromatic N) is 3. The first kappa shape index (κ1) is 26.5. The molecule has 2 heterocycles. The van der Waals surface area contributed by atoms with Gasteiger partial charge in [-0.05, 0) is 51.3 Å². The van der Waals surface area contributed by atoms with Crippen molar-refractivity contribution >= 4 is 11.8 Å². The molecule has 2 N–H and O–H groups in total. The lowest BCUT2D eigenvalue weighted by Crippen LogP contribution is -2.54. The average molecular weight is 493 g/mol. The summed E-state index contributed by atoms with van der Waals surface area (Å²) in [6.07, 6.45) is 3.00. The molecule has 2 aromatic rings. The fourth-order valence-electron chi connectivity index (χ4n) is 4.40. The minimum Gasteiger partial charge on any atom is -0.619 e. The number of aromatic nitrogens is 1. The lowest BCUT2D eigenvalue weighted by Gasteiger charge is -2.38. The highest BCUT2D eigenvalue weighted by molar-refractivity contribution is 5.89. The zero-order valence-corrected chi connectivity index (χ0v) is 20.1. The number of pyridine rings is 1. The Morgan fingerprint density at radius 3 is 2.54 bits per heavy atom. The van der Waals surface area contributed by atoms with E-state index in [1.54, 1.807) is 17.0 Å². The number of halogens is 3. The Hall–Kier alpha value is -3.14. The minimum absolute atomic E-state index is 0.129. The van der Waals surface area contributed by atoms with Crippen LogP contribution in [0.25, 0.3) is 0 Å². The molecule has 1 saturated heterocycles. The Kier molecular flexibility index (Phi) is 8.04.